The number of hydrogen-bond acceptors (Lipinski definition) is 5. The van der Waals surface area contributed by atoms with E-state index in [1.165, 1.54) is 22.7 Å². The van der Waals surface area contributed by atoms with Gasteiger partial charge in [-0.3, -0.25) is 4.79 Å². The quantitative estimate of drug-likeness (QED) is 0.827. The van der Waals surface area contributed by atoms with E-state index in [9.17, 15) is 13.2 Å². The van der Waals surface area contributed by atoms with Gasteiger partial charge in [0.25, 0.3) is 0 Å². The van der Waals surface area contributed by atoms with Gasteiger partial charge >= 0.3 is 0 Å². The van der Waals surface area contributed by atoms with Gasteiger partial charge in [0, 0.05) is 36.4 Å². The van der Waals surface area contributed by atoms with Crippen LogP contribution in [0, 0.1) is 13.8 Å². The number of carbonyl (C=O) groups is 1. The molecule has 112 valence electrons. The van der Waals surface area contributed by atoms with Gasteiger partial charge in [-0.2, -0.15) is 4.31 Å². The van der Waals surface area contributed by atoms with Crippen LogP contribution in [-0.2, 0) is 14.8 Å². The van der Waals surface area contributed by atoms with E-state index >= 15 is 0 Å². The molecular formula is C12H19N3O3S2. The summed E-state index contributed by atoms with van der Waals surface area (Å²) in [5.41, 5.74) is 0. The van der Waals surface area contributed by atoms with Crippen molar-refractivity contribution in [2.45, 2.75) is 24.8 Å². The Morgan fingerprint density at radius 3 is 2.75 bits per heavy atom. The maximum absolute atomic E-state index is 12.8. The second-order valence-electron chi connectivity index (χ2n) is 4.73. The van der Waals surface area contributed by atoms with E-state index in [4.69, 9.17) is 0 Å². The van der Waals surface area contributed by atoms with E-state index in [2.05, 4.69) is 10.6 Å². The highest BCUT2D eigenvalue weighted by Crippen LogP contribution is 2.29. The summed E-state index contributed by atoms with van der Waals surface area (Å²) in [6, 6.07) is 0.983. The molecule has 0 aliphatic carbocycles. The normalized spacial score (nSPS) is 20.9. The minimum Gasteiger partial charge on any atom is -0.358 e. The summed E-state index contributed by atoms with van der Waals surface area (Å²) < 4.78 is 26.9. The van der Waals surface area contributed by atoms with Crippen LogP contribution in [0.4, 0.5) is 0 Å². The van der Waals surface area contributed by atoms with Crippen molar-refractivity contribution in [3.8, 4) is 0 Å². The summed E-state index contributed by atoms with van der Waals surface area (Å²) in [6.07, 6.45) is 0. The lowest BCUT2D eigenvalue weighted by Crippen LogP contribution is -2.59. The molecule has 2 heterocycles. The summed E-state index contributed by atoms with van der Waals surface area (Å²) in [6.45, 7) is 4.86. The average molecular weight is 317 g/mol. The van der Waals surface area contributed by atoms with Gasteiger partial charge in [-0.05, 0) is 19.9 Å². The van der Waals surface area contributed by atoms with Crippen molar-refractivity contribution in [1.82, 2.24) is 14.9 Å². The first kappa shape index (κ1) is 15.4. The average Bonchev–Trinajstić information content (AvgIpc) is 2.77. The molecule has 1 saturated heterocycles. The van der Waals surface area contributed by atoms with Crippen LogP contribution < -0.4 is 10.6 Å². The smallest absolute Gasteiger partial charge is 0.244 e. The highest BCUT2D eigenvalue weighted by atomic mass is 32.2. The largest absolute Gasteiger partial charge is 0.358 e. The van der Waals surface area contributed by atoms with E-state index in [-0.39, 0.29) is 5.91 Å². The van der Waals surface area contributed by atoms with Crippen LogP contribution in [-0.4, -0.2) is 51.4 Å². The SMILES string of the molecule is CNC(=O)C1CNCCN1S(=O)(=O)c1cc(C)sc1C. The maximum Gasteiger partial charge on any atom is 0.244 e. The van der Waals surface area contributed by atoms with E-state index in [1.807, 2.05) is 6.92 Å². The Bertz CT molecular complexity index is 609. The van der Waals surface area contributed by atoms with E-state index in [0.717, 1.165) is 9.75 Å². The molecule has 0 saturated carbocycles. The molecule has 20 heavy (non-hydrogen) atoms. The Hall–Kier alpha value is -0.960. The molecule has 1 amide bonds. The van der Waals surface area contributed by atoms with Crippen molar-refractivity contribution in [2.24, 2.45) is 0 Å². The van der Waals surface area contributed by atoms with Crippen LogP contribution in [0.1, 0.15) is 9.75 Å². The number of hydrogen-bond donors (Lipinski definition) is 2. The van der Waals surface area contributed by atoms with Crippen molar-refractivity contribution in [3.63, 3.8) is 0 Å². The number of carbonyl (C=O) groups excluding carboxylic acids is 1. The number of nitrogens with zero attached hydrogens (tertiary/aromatic N) is 1. The van der Waals surface area contributed by atoms with Crippen molar-refractivity contribution in [3.05, 3.63) is 15.8 Å². The Kier molecular flexibility index (Phi) is 4.48. The Balaban J connectivity index is 2.40. The topological polar surface area (TPSA) is 78.5 Å². The van der Waals surface area contributed by atoms with Gasteiger partial charge in [-0.15, -0.1) is 11.3 Å². The minimum absolute atomic E-state index is 0.287. The number of piperazine rings is 1. The lowest BCUT2D eigenvalue weighted by atomic mass is 10.2. The molecule has 0 spiro atoms. The van der Waals surface area contributed by atoms with E-state index in [0.29, 0.717) is 24.5 Å². The van der Waals surface area contributed by atoms with Crippen LogP contribution in [0.15, 0.2) is 11.0 Å². The van der Waals surface area contributed by atoms with Gasteiger partial charge < -0.3 is 10.6 Å². The van der Waals surface area contributed by atoms with Gasteiger partial charge in [0.1, 0.15) is 6.04 Å². The van der Waals surface area contributed by atoms with Crippen molar-refractivity contribution in [2.75, 3.05) is 26.7 Å². The third kappa shape index (κ3) is 2.73. The summed E-state index contributed by atoms with van der Waals surface area (Å²) in [5.74, 6) is -0.287. The number of likely N-dealkylation sites (N-methyl/N-ethyl adjacent to an activating group) is 1. The monoisotopic (exact) mass is 317 g/mol. The molecule has 1 aliphatic heterocycles. The molecule has 2 N–H and O–H groups in total. The predicted octanol–water partition coefficient (Wildman–Crippen LogP) is 0.0734. The van der Waals surface area contributed by atoms with E-state index < -0.39 is 16.1 Å². The molecule has 1 fully saturated rings. The predicted molar refractivity (Wildman–Crippen MR) is 78.4 cm³/mol. The number of amides is 1. The standard InChI is InChI=1S/C12H19N3O3S2/c1-8-6-11(9(2)19-8)20(17,18)15-5-4-14-7-10(15)12(16)13-3/h6,10,14H,4-5,7H2,1-3H3,(H,13,16). The van der Waals surface area contributed by atoms with Gasteiger partial charge in [0.2, 0.25) is 15.9 Å². The summed E-state index contributed by atoms with van der Waals surface area (Å²) in [7, 11) is -2.12. The van der Waals surface area contributed by atoms with Crippen LogP contribution in [0.25, 0.3) is 0 Å². The molecule has 0 bridgehead atoms. The van der Waals surface area contributed by atoms with Gasteiger partial charge in [-0.25, -0.2) is 8.42 Å². The highest BCUT2D eigenvalue weighted by molar-refractivity contribution is 7.89. The third-order valence-electron chi connectivity index (χ3n) is 3.33. The Labute approximate surface area is 123 Å². The molecule has 1 unspecified atom stereocenters. The summed E-state index contributed by atoms with van der Waals surface area (Å²) >= 11 is 1.45. The van der Waals surface area contributed by atoms with Crippen LogP contribution >= 0.6 is 11.3 Å². The molecule has 1 aliphatic rings. The fraction of sp³-hybridized carbons (Fsp3) is 0.583. The number of sulfonamides is 1. The van der Waals surface area contributed by atoms with Crippen LogP contribution in [0.3, 0.4) is 0 Å². The fourth-order valence-corrected chi connectivity index (χ4v) is 5.47. The maximum atomic E-state index is 12.8. The fourth-order valence-electron chi connectivity index (χ4n) is 2.35. The van der Waals surface area contributed by atoms with Crippen LogP contribution in [0.2, 0.25) is 0 Å². The van der Waals surface area contributed by atoms with Crippen LogP contribution in [0.5, 0.6) is 0 Å². The molecule has 1 atom stereocenters. The Morgan fingerprint density at radius 2 is 2.20 bits per heavy atom. The molecule has 1 aromatic heterocycles. The number of aryl methyl sites for hydroxylation is 2. The molecule has 0 aromatic carbocycles. The third-order valence-corrected chi connectivity index (χ3v) is 6.45. The van der Waals surface area contributed by atoms with E-state index in [1.54, 1.807) is 13.0 Å². The molecule has 6 nitrogen and oxygen atoms in total. The molecule has 2 rings (SSSR count). The molecule has 1 aromatic rings. The molecule has 0 radical (unpaired) electrons. The molecular weight excluding hydrogens is 298 g/mol. The van der Waals surface area contributed by atoms with Gasteiger partial charge in [0.15, 0.2) is 0 Å². The summed E-state index contributed by atoms with van der Waals surface area (Å²) in [5, 5.41) is 5.58. The first-order valence-corrected chi connectivity index (χ1v) is 8.64. The lowest BCUT2D eigenvalue weighted by Gasteiger charge is -2.33. The lowest BCUT2D eigenvalue weighted by molar-refractivity contribution is -0.124. The summed E-state index contributed by atoms with van der Waals surface area (Å²) in [4.78, 5) is 13.9. The first-order chi connectivity index (χ1) is 9.37. The zero-order chi connectivity index (χ0) is 14.9. The number of rotatable bonds is 3. The number of thiophene rings is 1. The number of nitrogens with one attached hydrogen (secondary N) is 2. The first-order valence-electron chi connectivity index (χ1n) is 6.39. The Morgan fingerprint density at radius 1 is 1.50 bits per heavy atom. The second-order valence-corrected chi connectivity index (χ2v) is 8.05. The zero-order valence-electron chi connectivity index (χ0n) is 11.8. The minimum atomic E-state index is -3.63. The highest BCUT2D eigenvalue weighted by Gasteiger charge is 2.38. The van der Waals surface area contributed by atoms with Crippen molar-refractivity contribution in [1.29, 1.82) is 0 Å². The van der Waals surface area contributed by atoms with Gasteiger partial charge in [-0.1, -0.05) is 0 Å². The second kappa shape index (κ2) is 5.80. The van der Waals surface area contributed by atoms with Crippen molar-refractivity contribution >= 4 is 27.3 Å². The van der Waals surface area contributed by atoms with Crippen molar-refractivity contribution < 1.29 is 13.2 Å². The molecule has 8 heteroatoms. The zero-order valence-corrected chi connectivity index (χ0v) is 13.4. The van der Waals surface area contributed by atoms with Gasteiger partial charge in [0.05, 0.1) is 4.90 Å².